The maximum Gasteiger partial charge on any atom is 0.403 e. The van der Waals surface area contributed by atoms with Crippen LogP contribution in [-0.4, -0.2) is 12.4 Å². The predicted molar refractivity (Wildman–Crippen MR) is 32.9 cm³/mol. The van der Waals surface area contributed by atoms with Gasteiger partial charge in [0.25, 0.3) is 0 Å². The number of rotatable bonds is 0. The zero-order valence-electron chi connectivity index (χ0n) is 6.92. The first-order valence-electron chi connectivity index (χ1n) is 3.70. The highest BCUT2D eigenvalue weighted by Crippen LogP contribution is 2.73. The fourth-order valence-electron chi connectivity index (χ4n) is 1.97. The molecule has 0 heterocycles. The van der Waals surface area contributed by atoms with E-state index in [1.807, 2.05) is 0 Å². The van der Waals surface area contributed by atoms with E-state index < -0.39 is 29.6 Å². The summed E-state index contributed by atoms with van der Waals surface area (Å²) in [7, 11) is 0. The first kappa shape index (κ1) is 10.7. The van der Waals surface area contributed by atoms with Crippen LogP contribution in [0.25, 0.3) is 0 Å². The zero-order chi connectivity index (χ0) is 10.7. The van der Waals surface area contributed by atoms with Crippen molar-refractivity contribution in [2.45, 2.75) is 26.2 Å². The summed E-state index contributed by atoms with van der Waals surface area (Å²) in [6.07, 6.45) is -10.4. The van der Waals surface area contributed by atoms with Crippen LogP contribution >= 0.6 is 0 Å². The lowest BCUT2D eigenvalue weighted by Gasteiger charge is -2.24. The van der Waals surface area contributed by atoms with Gasteiger partial charge in [0.15, 0.2) is 5.41 Å². The van der Waals surface area contributed by atoms with Crippen LogP contribution in [0, 0.1) is 17.3 Å². The Labute approximate surface area is 70.9 Å². The van der Waals surface area contributed by atoms with E-state index in [2.05, 4.69) is 0 Å². The molecule has 0 amide bonds. The molecule has 0 bridgehead atoms. The van der Waals surface area contributed by atoms with Gasteiger partial charge in [-0.15, -0.1) is 0 Å². The third-order valence-corrected chi connectivity index (χ3v) is 3.02. The number of alkyl halides is 6. The molecular weight excluding hydrogens is 198 g/mol. The molecule has 6 heteroatoms. The van der Waals surface area contributed by atoms with Crippen molar-refractivity contribution in [3.05, 3.63) is 0 Å². The SMILES string of the molecule is C[C@@H]1[C@H](C)C1(C(F)(F)F)C(F)(F)F. The molecule has 13 heavy (non-hydrogen) atoms. The van der Waals surface area contributed by atoms with Crippen LogP contribution in [0.2, 0.25) is 0 Å². The molecule has 0 aliphatic heterocycles. The Morgan fingerprint density at radius 3 is 1.00 bits per heavy atom. The summed E-state index contributed by atoms with van der Waals surface area (Å²) in [5.41, 5.74) is -3.46. The van der Waals surface area contributed by atoms with Crippen LogP contribution in [0.1, 0.15) is 13.8 Å². The van der Waals surface area contributed by atoms with E-state index in [1.165, 1.54) is 0 Å². The number of hydrogen-bond donors (Lipinski definition) is 0. The highest BCUT2D eigenvalue weighted by molar-refractivity contribution is 5.14. The van der Waals surface area contributed by atoms with Crippen LogP contribution in [0.3, 0.4) is 0 Å². The van der Waals surface area contributed by atoms with Gasteiger partial charge in [0.1, 0.15) is 0 Å². The smallest absolute Gasteiger partial charge is 0.170 e. The van der Waals surface area contributed by atoms with Crippen molar-refractivity contribution in [1.82, 2.24) is 0 Å². The van der Waals surface area contributed by atoms with Crippen LogP contribution < -0.4 is 0 Å². The fraction of sp³-hybridized carbons (Fsp3) is 1.00. The second-order valence-electron chi connectivity index (χ2n) is 3.44. The Morgan fingerprint density at radius 1 is 0.769 bits per heavy atom. The van der Waals surface area contributed by atoms with Crippen molar-refractivity contribution in [1.29, 1.82) is 0 Å². The van der Waals surface area contributed by atoms with Crippen LogP contribution in [0.5, 0.6) is 0 Å². The van der Waals surface area contributed by atoms with E-state index in [0.717, 1.165) is 13.8 Å². The third-order valence-electron chi connectivity index (χ3n) is 3.02. The van der Waals surface area contributed by atoms with Gasteiger partial charge < -0.3 is 0 Å². The Bertz CT molecular complexity index is 188. The number of hydrogen-bond acceptors (Lipinski definition) is 0. The Hall–Kier alpha value is -0.420. The van der Waals surface area contributed by atoms with Crippen molar-refractivity contribution in [2.75, 3.05) is 0 Å². The molecule has 0 N–H and O–H groups in total. The van der Waals surface area contributed by atoms with Crippen LogP contribution in [0.4, 0.5) is 26.3 Å². The molecule has 0 saturated heterocycles. The van der Waals surface area contributed by atoms with E-state index in [9.17, 15) is 26.3 Å². The van der Waals surface area contributed by atoms with Gasteiger partial charge in [0.05, 0.1) is 0 Å². The van der Waals surface area contributed by atoms with E-state index in [4.69, 9.17) is 0 Å². The Kier molecular flexibility index (Phi) is 1.91. The molecular formula is C7H8F6. The molecule has 0 unspecified atom stereocenters. The summed E-state index contributed by atoms with van der Waals surface area (Å²) in [5.74, 6) is -2.74. The van der Waals surface area contributed by atoms with Gasteiger partial charge in [-0.05, 0) is 11.8 Å². The molecule has 1 aliphatic rings. The summed E-state index contributed by atoms with van der Waals surface area (Å²) >= 11 is 0. The monoisotopic (exact) mass is 206 g/mol. The molecule has 0 spiro atoms. The molecule has 78 valence electrons. The zero-order valence-corrected chi connectivity index (χ0v) is 6.92. The van der Waals surface area contributed by atoms with Crippen LogP contribution in [0.15, 0.2) is 0 Å². The lowest BCUT2D eigenvalue weighted by molar-refractivity contribution is -0.309. The average molecular weight is 206 g/mol. The van der Waals surface area contributed by atoms with Crippen molar-refractivity contribution in [2.24, 2.45) is 17.3 Å². The van der Waals surface area contributed by atoms with Gasteiger partial charge in [-0.25, -0.2) is 0 Å². The summed E-state index contributed by atoms with van der Waals surface area (Å²) in [4.78, 5) is 0. The maximum absolute atomic E-state index is 12.2. The van der Waals surface area contributed by atoms with Gasteiger partial charge in [0, 0.05) is 0 Å². The van der Waals surface area contributed by atoms with Gasteiger partial charge >= 0.3 is 12.4 Å². The number of halogens is 6. The minimum atomic E-state index is -5.19. The normalized spacial score (nSPS) is 33.2. The highest BCUT2D eigenvalue weighted by Gasteiger charge is 2.86. The van der Waals surface area contributed by atoms with E-state index in [1.54, 1.807) is 0 Å². The minimum absolute atomic E-state index is 0.978. The van der Waals surface area contributed by atoms with Gasteiger partial charge in [0.2, 0.25) is 0 Å². The fourth-order valence-corrected chi connectivity index (χ4v) is 1.97. The molecule has 1 saturated carbocycles. The maximum atomic E-state index is 12.2. The summed E-state index contributed by atoms with van der Waals surface area (Å²) in [6.45, 7) is 1.96. The van der Waals surface area contributed by atoms with Crippen molar-refractivity contribution in [3.8, 4) is 0 Å². The van der Waals surface area contributed by atoms with E-state index in [0.29, 0.717) is 0 Å². The van der Waals surface area contributed by atoms with Gasteiger partial charge in [-0.1, -0.05) is 13.8 Å². The van der Waals surface area contributed by atoms with Crippen LogP contribution in [-0.2, 0) is 0 Å². The lowest BCUT2D eigenvalue weighted by atomic mass is 10.0. The molecule has 1 fully saturated rings. The topological polar surface area (TPSA) is 0 Å². The molecule has 0 aromatic carbocycles. The average Bonchev–Trinajstić information content (AvgIpc) is 2.32. The second-order valence-corrected chi connectivity index (χ2v) is 3.44. The van der Waals surface area contributed by atoms with Gasteiger partial charge in [-0.2, -0.15) is 26.3 Å². The summed E-state index contributed by atoms with van der Waals surface area (Å²) in [5, 5.41) is 0. The minimum Gasteiger partial charge on any atom is -0.170 e. The largest absolute Gasteiger partial charge is 0.403 e. The molecule has 1 aliphatic carbocycles. The lowest BCUT2D eigenvalue weighted by Crippen LogP contribution is -2.41. The highest BCUT2D eigenvalue weighted by atomic mass is 19.4. The summed E-state index contributed by atoms with van der Waals surface area (Å²) in [6, 6.07) is 0. The third kappa shape index (κ3) is 1.07. The van der Waals surface area contributed by atoms with Crippen molar-refractivity contribution < 1.29 is 26.3 Å². The quantitative estimate of drug-likeness (QED) is 0.533. The molecule has 2 atom stereocenters. The Morgan fingerprint density at radius 2 is 1.00 bits per heavy atom. The molecule has 1 rings (SSSR count). The Balaban J connectivity index is 3.09. The molecule has 0 aromatic rings. The molecule has 0 aromatic heterocycles. The first-order valence-corrected chi connectivity index (χ1v) is 3.70. The molecule has 0 nitrogen and oxygen atoms in total. The second kappa shape index (κ2) is 2.33. The van der Waals surface area contributed by atoms with E-state index >= 15 is 0 Å². The standard InChI is InChI=1S/C7H8F6/c1-3-4(2)5(3,6(8,9)10)7(11,12)13/h3-4H,1-2H3/t3-,4+. The van der Waals surface area contributed by atoms with Crippen molar-refractivity contribution >= 4 is 0 Å². The van der Waals surface area contributed by atoms with E-state index in [-0.39, 0.29) is 0 Å². The molecule has 0 radical (unpaired) electrons. The van der Waals surface area contributed by atoms with Gasteiger partial charge in [-0.3, -0.25) is 0 Å². The predicted octanol–water partition coefficient (Wildman–Crippen LogP) is 3.38. The summed E-state index contributed by atoms with van der Waals surface area (Å²) < 4.78 is 73.0. The first-order chi connectivity index (χ1) is 5.57. The van der Waals surface area contributed by atoms with Crippen molar-refractivity contribution in [3.63, 3.8) is 0 Å².